The first-order chi connectivity index (χ1) is 8.52. The molecule has 0 aliphatic rings. The smallest absolute Gasteiger partial charge is 0.260 e. The second-order valence-electron chi connectivity index (χ2n) is 4.32. The van der Waals surface area contributed by atoms with Crippen LogP contribution in [0.15, 0.2) is 18.3 Å². The first-order valence-corrected chi connectivity index (χ1v) is 6.17. The Bertz CT molecular complexity index is 376. The number of aromatic nitrogens is 1. The number of carbonyl (C=O) groups excluding carboxylic acids is 1. The summed E-state index contributed by atoms with van der Waals surface area (Å²) in [7, 11) is 0. The number of pyridine rings is 1. The number of rotatable bonds is 6. The van der Waals surface area contributed by atoms with Crippen LogP contribution in [0.4, 0.5) is 0 Å². The first-order valence-electron chi connectivity index (χ1n) is 6.17. The topological polar surface area (TPSA) is 77.2 Å². The van der Waals surface area contributed by atoms with E-state index >= 15 is 0 Å². The summed E-state index contributed by atoms with van der Waals surface area (Å²) in [4.78, 5) is 15.7. The molecule has 2 unspecified atom stereocenters. The highest BCUT2D eigenvalue weighted by Gasteiger charge is 2.13. The summed E-state index contributed by atoms with van der Waals surface area (Å²) in [5.41, 5.74) is 6.61. The molecule has 0 bridgehead atoms. The van der Waals surface area contributed by atoms with Crippen LogP contribution in [-0.2, 0) is 11.2 Å². The first kappa shape index (κ1) is 14.4. The second-order valence-corrected chi connectivity index (χ2v) is 4.32. The van der Waals surface area contributed by atoms with Crippen LogP contribution in [0.25, 0.3) is 0 Å². The number of hydrogen-bond acceptors (Lipinski definition) is 4. The van der Waals surface area contributed by atoms with Crippen LogP contribution in [0.5, 0.6) is 5.75 Å². The van der Waals surface area contributed by atoms with Crippen molar-refractivity contribution in [3.8, 4) is 5.75 Å². The quantitative estimate of drug-likeness (QED) is 0.786. The Morgan fingerprint density at radius 1 is 1.50 bits per heavy atom. The fourth-order valence-electron chi connectivity index (χ4n) is 1.51. The molecule has 1 amide bonds. The summed E-state index contributed by atoms with van der Waals surface area (Å²) in [5.74, 6) is 0.458. The predicted octanol–water partition coefficient (Wildman–Crippen LogP) is 0.875. The second kappa shape index (κ2) is 6.96. The van der Waals surface area contributed by atoms with Gasteiger partial charge in [0.25, 0.3) is 5.91 Å². The van der Waals surface area contributed by atoms with Crippen molar-refractivity contribution in [3.05, 3.63) is 24.0 Å². The van der Waals surface area contributed by atoms with Gasteiger partial charge in [0, 0.05) is 24.7 Å². The molecule has 0 spiro atoms. The molecule has 2 atom stereocenters. The Labute approximate surface area is 108 Å². The lowest BCUT2D eigenvalue weighted by molar-refractivity contribution is -0.127. The average Bonchev–Trinajstić information content (AvgIpc) is 2.31. The number of nitrogens with one attached hydrogen (secondary N) is 1. The molecule has 0 saturated heterocycles. The predicted molar refractivity (Wildman–Crippen MR) is 70.4 cm³/mol. The third kappa shape index (κ3) is 4.71. The van der Waals surface area contributed by atoms with Crippen molar-refractivity contribution in [2.75, 3.05) is 6.54 Å². The molecule has 100 valence electrons. The van der Waals surface area contributed by atoms with Crippen LogP contribution in [-0.4, -0.2) is 29.6 Å². The molecule has 18 heavy (non-hydrogen) atoms. The monoisotopic (exact) mass is 251 g/mol. The van der Waals surface area contributed by atoms with E-state index in [0.29, 0.717) is 12.3 Å². The molecule has 1 rings (SSSR count). The van der Waals surface area contributed by atoms with Gasteiger partial charge in [-0.3, -0.25) is 9.78 Å². The van der Waals surface area contributed by atoms with Crippen LogP contribution in [0, 0.1) is 0 Å². The van der Waals surface area contributed by atoms with E-state index in [1.807, 2.05) is 19.9 Å². The van der Waals surface area contributed by atoms with Gasteiger partial charge < -0.3 is 15.8 Å². The number of likely N-dealkylation sites (N-methyl/N-ethyl adjacent to an activating group) is 1. The summed E-state index contributed by atoms with van der Waals surface area (Å²) >= 11 is 0. The lowest BCUT2D eigenvalue weighted by atomic mass is 10.2. The van der Waals surface area contributed by atoms with Crippen LogP contribution < -0.4 is 15.8 Å². The zero-order valence-electron chi connectivity index (χ0n) is 11.1. The van der Waals surface area contributed by atoms with E-state index in [0.717, 1.165) is 12.1 Å². The highest BCUT2D eigenvalue weighted by atomic mass is 16.5. The van der Waals surface area contributed by atoms with Gasteiger partial charge >= 0.3 is 0 Å². The third-order valence-electron chi connectivity index (χ3n) is 2.36. The fourth-order valence-corrected chi connectivity index (χ4v) is 1.51. The summed E-state index contributed by atoms with van der Waals surface area (Å²) in [5, 5.41) is 2.70. The lowest BCUT2D eigenvalue weighted by Gasteiger charge is -2.14. The maximum atomic E-state index is 11.5. The van der Waals surface area contributed by atoms with Gasteiger partial charge in [-0.1, -0.05) is 0 Å². The van der Waals surface area contributed by atoms with Gasteiger partial charge in [-0.25, -0.2) is 0 Å². The van der Waals surface area contributed by atoms with Gasteiger partial charge in [-0.05, 0) is 32.9 Å². The third-order valence-corrected chi connectivity index (χ3v) is 2.36. The maximum Gasteiger partial charge on any atom is 0.260 e. The van der Waals surface area contributed by atoms with E-state index in [2.05, 4.69) is 10.3 Å². The summed E-state index contributed by atoms with van der Waals surface area (Å²) in [6.07, 6.45) is 1.82. The van der Waals surface area contributed by atoms with Gasteiger partial charge in [-0.2, -0.15) is 0 Å². The van der Waals surface area contributed by atoms with Gasteiger partial charge in [0.2, 0.25) is 0 Å². The van der Waals surface area contributed by atoms with Crippen LogP contribution in [0.3, 0.4) is 0 Å². The molecule has 0 aliphatic carbocycles. The molecular weight excluding hydrogens is 230 g/mol. The lowest BCUT2D eigenvalue weighted by Crippen LogP contribution is -2.36. The van der Waals surface area contributed by atoms with E-state index in [9.17, 15) is 4.79 Å². The van der Waals surface area contributed by atoms with Crippen molar-refractivity contribution in [3.63, 3.8) is 0 Å². The van der Waals surface area contributed by atoms with Gasteiger partial charge in [0.15, 0.2) is 6.10 Å². The molecule has 0 radical (unpaired) electrons. The molecule has 1 heterocycles. The number of carbonyl (C=O) groups is 1. The molecule has 1 aromatic rings. The Kier molecular flexibility index (Phi) is 5.58. The summed E-state index contributed by atoms with van der Waals surface area (Å²) in [6.45, 7) is 6.11. The van der Waals surface area contributed by atoms with Crippen molar-refractivity contribution in [1.29, 1.82) is 0 Å². The van der Waals surface area contributed by atoms with E-state index in [1.165, 1.54) is 0 Å². The Morgan fingerprint density at radius 3 is 2.72 bits per heavy atom. The number of nitrogens with two attached hydrogens (primary N) is 1. The van der Waals surface area contributed by atoms with Crippen molar-refractivity contribution < 1.29 is 9.53 Å². The molecule has 0 aliphatic heterocycles. The van der Waals surface area contributed by atoms with E-state index in [-0.39, 0.29) is 11.9 Å². The van der Waals surface area contributed by atoms with E-state index < -0.39 is 6.10 Å². The Morgan fingerprint density at radius 2 is 2.22 bits per heavy atom. The molecule has 0 aromatic carbocycles. The minimum atomic E-state index is -0.522. The van der Waals surface area contributed by atoms with Crippen molar-refractivity contribution >= 4 is 5.91 Å². The minimum absolute atomic E-state index is 0.0820. The van der Waals surface area contributed by atoms with Gasteiger partial charge in [0.05, 0.1) is 6.20 Å². The Hall–Kier alpha value is -1.62. The molecule has 0 fully saturated rings. The van der Waals surface area contributed by atoms with Crippen LogP contribution in [0.1, 0.15) is 26.5 Å². The molecule has 1 aromatic heterocycles. The summed E-state index contributed by atoms with van der Waals surface area (Å²) < 4.78 is 5.48. The normalized spacial score (nSPS) is 13.8. The number of ether oxygens (including phenoxy) is 1. The van der Waals surface area contributed by atoms with E-state index in [4.69, 9.17) is 10.5 Å². The number of hydrogen-bond donors (Lipinski definition) is 2. The SMILES string of the molecule is CCNC(=O)C(C)Oc1ccc(CC(C)N)nc1. The highest BCUT2D eigenvalue weighted by Crippen LogP contribution is 2.12. The zero-order chi connectivity index (χ0) is 13.5. The minimum Gasteiger partial charge on any atom is -0.479 e. The zero-order valence-corrected chi connectivity index (χ0v) is 11.1. The maximum absolute atomic E-state index is 11.5. The molecule has 3 N–H and O–H groups in total. The summed E-state index contributed by atoms with van der Waals surface area (Å²) in [6, 6.07) is 3.75. The molecule has 5 nitrogen and oxygen atoms in total. The largest absolute Gasteiger partial charge is 0.479 e. The Balaban J connectivity index is 2.55. The number of amides is 1. The van der Waals surface area contributed by atoms with E-state index in [1.54, 1.807) is 19.2 Å². The van der Waals surface area contributed by atoms with Crippen molar-refractivity contribution in [1.82, 2.24) is 10.3 Å². The van der Waals surface area contributed by atoms with Crippen LogP contribution in [0.2, 0.25) is 0 Å². The molecule has 5 heteroatoms. The van der Waals surface area contributed by atoms with Gasteiger partial charge in [-0.15, -0.1) is 0 Å². The highest BCUT2D eigenvalue weighted by molar-refractivity contribution is 5.80. The molecular formula is C13H21N3O2. The van der Waals surface area contributed by atoms with Crippen molar-refractivity contribution in [2.45, 2.75) is 39.3 Å². The standard InChI is InChI=1S/C13H21N3O2/c1-4-15-13(17)10(3)18-12-6-5-11(16-8-12)7-9(2)14/h5-6,8-10H,4,7,14H2,1-3H3,(H,15,17). The van der Waals surface area contributed by atoms with Crippen LogP contribution >= 0.6 is 0 Å². The molecule has 0 saturated carbocycles. The fraction of sp³-hybridized carbons (Fsp3) is 0.538. The number of nitrogens with zero attached hydrogens (tertiary/aromatic N) is 1. The van der Waals surface area contributed by atoms with Gasteiger partial charge in [0.1, 0.15) is 5.75 Å². The van der Waals surface area contributed by atoms with Crippen molar-refractivity contribution in [2.24, 2.45) is 5.73 Å². The average molecular weight is 251 g/mol.